The van der Waals surface area contributed by atoms with Crippen LogP contribution in [0.5, 0.6) is 5.75 Å². The van der Waals surface area contributed by atoms with E-state index in [0.717, 1.165) is 125 Å². The number of nitrogens with one attached hydrogen (secondary N) is 2. The van der Waals surface area contributed by atoms with Crippen LogP contribution in [0.3, 0.4) is 0 Å². The van der Waals surface area contributed by atoms with E-state index in [9.17, 15) is 24.3 Å². The molecule has 6 heterocycles. The van der Waals surface area contributed by atoms with E-state index in [-0.39, 0.29) is 29.5 Å². The zero-order valence-electron chi connectivity index (χ0n) is 40.0. The van der Waals surface area contributed by atoms with Crippen LogP contribution in [0.1, 0.15) is 94.1 Å². The number of thiazole rings is 1. The summed E-state index contributed by atoms with van der Waals surface area (Å²) in [6.07, 6.45) is 6.88. The second-order valence-corrected chi connectivity index (χ2v) is 20.4. The van der Waals surface area contributed by atoms with Gasteiger partial charge in [-0.1, -0.05) is 59.9 Å². The van der Waals surface area contributed by atoms with Crippen molar-refractivity contribution in [1.82, 2.24) is 30.0 Å². The molecule has 4 aromatic carbocycles. The molecule has 0 radical (unpaired) electrons. The average molecular weight is 972 g/mol. The molecule has 1 aliphatic carbocycles. The van der Waals surface area contributed by atoms with Crippen molar-refractivity contribution in [3.05, 3.63) is 125 Å². The van der Waals surface area contributed by atoms with Gasteiger partial charge in [-0.15, -0.1) is 0 Å². The third-order valence-corrected chi connectivity index (χ3v) is 16.1. The number of aryl methyl sites for hydroxylation is 1. The van der Waals surface area contributed by atoms with Crippen molar-refractivity contribution in [2.75, 3.05) is 54.4 Å². The van der Waals surface area contributed by atoms with E-state index in [1.54, 1.807) is 0 Å². The molecular weight excluding hydrogens is 915 g/mol. The number of carboxylic acids is 1. The number of amides is 3. The van der Waals surface area contributed by atoms with Crippen LogP contribution in [0, 0.1) is 12.8 Å². The number of fused-ring (bicyclic) bond motifs is 3. The minimum absolute atomic E-state index is 0.0243. The molecule has 2 saturated heterocycles. The Morgan fingerprint density at radius 2 is 1.63 bits per heavy atom. The number of hydrogen-bond acceptors (Lipinski definition) is 12. The SMILES string of the molecule is Cc1c(O[C@H]2CC[C@H](CCN3CCN(c4cccc5c(C6CCC(=O)NC6=O)nn(C)c45)CC3)CC2)cccc1-c1ccc(N2CCc3cccc(C(=O)Nc4nc5ccccc5s4)c3C2)nc1C(=O)O. The number of hydrogen-bond donors (Lipinski definition) is 3. The van der Waals surface area contributed by atoms with Crippen LogP contribution in [-0.2, 0) is 29.6 Å². The number of ether oxygens (including phenoxy) is 1. The third kappa shape index (κ3) is 9.33. The number of pyridine rings is 1. The summed E-state index contributed by atoms with van der Waals surface area (Å²) in [5.41, 5.74) is 8.46. The van der Waals surface area contributed by atoms with Gasteiger partial charge in [0.2, 0.25) is 11.8 Å². The van der Waals surface area contributed by atoms with Crippen molar-refractivity contribution in [3.8, 4) is 16.9 Å². The van der Waals surface area contributed by atoms with Gasteiger partial charge in [0.15, 0.2) is 10.8 Å². The fourth-order valence-electron chi connectivity index (χ4n) is 11.2. The van der Waals surface area contributed by atoms with Gasteiger partial charge >= 0.3 is 5.97 Å². The molecule has 0 bridgehead atoms. The third-order valence-electron chi connectivity index (χ3n) is 15.1. The molecule has 364 valence electrons. The Kier molecular flexibility index (Phi) is 12.7. The summed E-state index contributed by atoms with van der Waals surface area (Å²) in [6.45, 7) is 7.88. The number of benzene rings is 4. The monoisotopic (exact) mass is 971 g/mol. The minimum atomic E-state index is -1.11. The van der Waals surface area contributed by atoms with E-state index < -0.39 is 11.9 Å². The Morgan fingerprint density at radius 1 is 0.831 bits per heavy atom. The lowest BCUT2D eigenvalue weighted by Gasteiger charge is -2.37. The second kappa shape index (κ2) is 19.6. The van der Waals surface area contributed by atoms with E-state index in [2.05, 4.69) is 31.5 Å². The smallest absolute Gasteiger partial charge is 0.355 e. The lowest BCUT2D eigenvalue weighted by atomic mass is 9.85. The molecule has 3 aliphatic heterocycles. The summed E-state index contributed by atoms with van der Waals surface area (Å²) in [5, 5.41) is 22.4. The predicted molar refractivity (Wildman–Crippen MR) is 276 cm³/mol. The van der Waals surface area contributed by atoms with Crippen molar-refractivity contribution in [2.45, 2.75) is 76.9 Å². The molecule has 15 nitrogen and oxygen atoms in total. The summed E-state index contributed by atoms with van der Waals surface area (Å²) in [7, 11) is 1.94. The molecule has 71 heavy (non-hydrogen) atoms. The number of carbonyl (C=O) groups excluding carboxylic acids is 3. The first-order valence-electron chi connectivity index (χ1n) is 24.8. The fourth-order valence-corrected chi connectivity index (χ4v) is 12.1. The molecule has 3 amide bonds. The number of carboxylic acid groups (broad SMARTS) is 1. The molecule has 1 unspecified atom stereocenters. The number of para-hydroxylation sites is 2. The van der Waals surface area contributed by atoms with Crippen LogP contribution >= 0.6 is 11.3 Å². The number of rotatable bonds is 12. The lowest BCUT2D eigenvalue weighted by molar-refractivity contribution is -0.134. The second-order valence-electron chi connectivity index (χ2n) is 19.4. The highest BCUT2D eigenvalue weighted by molar-refractivity contribution is 7.22. The molecule has 7 aromatic rings. The van der Waals surface area contributed by atoms with Gasteiger partial charge in [0, 0.05) is 69.3 Å². The largest absolute Gasteiger partial charge is 0.490 e. The number of carbonyl (C=O) groups is 4. The maximum Gasteiger partial charge on any atom is 0.355 e. The Labute approximate surface area is 415 Å². The van der Waals surface area contributed by atoms with E-state index >= 15 is 0 Å². The van der Waals surface area contributed by atoms with Crippen LogP contribution < -0.4 is 25.2 Å². The lowest BCUT2D eigenvalue weighted by Crippen LogP contribution is -2.47. The molecule has 0 spiro atoms. The predicted octanol–water partition coefficient (Wildman–Crippen LogP) is 8.74. The van der Waals surface area contributed by atoms with Gasteiger partial charge in [0.25, 0.3) is 5.91 Å². The molecule has 1 atom stereocenters. The van der Waals surface area contributed by atoms with Gasteiger partial charge in [-0.25, -0.2) is 14.8 Å². The zero-order chi connectivity index (χ0) is 48.8. The van der Waals surface area contributed by atoms with E-state index in [1.165, 1.54) is 11.3 Å². The quantitative estimate of drug-likeness (QED) is 0.0995. The average Bonchev–Trinajstić information content (AvgIpc) is 3.96. The van der Waals surface area contributed by atoms with Gasteiger partial charge in [-0.3, -0.25) is 34.6 Å². The van der Waals surface area contributed by atoms with E-state index in [0.29, 0.717) is 60.3 Å². The van der Waals surface area contributed by atoms with Crippen LogP contribution in [0.4, 0.5) is 16.6 Å². The van der Waals surface area contributed by atoms with E-state index in [1.807, 2.05) is 108 Å². The van der Waals surface area contributed by atoms with Gasteiger partial charge in [0.1, 0.15) is 11.6 Å². The Morgan fingerprint density at radius 3 is 2.44 bits per heavy atom. The first kappa shape index (κ1) is 46.2. The maximum absolute atomic E-state index is 13.7. The molecule has 11 rings (SSSR count). The standard InChI is InChI=1S/C55H57N9O6S/c1-33-37(38-20-22-47(57-50(38)54(68)69)64-27-25-35-8-5-10-39(42(35)32-64)52(66)59-55-56-43-12-3-4-15-46(43)71-55)9-7-14-45(33)70-36-18-16-34(17-19-36)24-26-62-28-30-63(31-29-62)44-13-6-11-40-49(60-61(2)51(40)44)41-21-23-48(65)58-53(41)67/h3-15,20,22,34,36,41H,16-19,21,23-32H2,1-2H3,(H,68,69)(H,56,59,66)(H,58,65,67)/t34-,36-,41?. The minimum Gasteiger partial charge on any atom is -0.490 e. The van der Waals surface area contributed by atoms with Crippen LogP contribution in [0.2, 0.25) is 0 Å². The number of aromatic nitrogens is 4. The van der Waals surface area contributed by atoms with Crippen molar-refractivity contribution < 1.29 is 29.0 Å². The Bertz CT molecular complexity index is 3170. The fraction of sp³-hybridized carbons (Fsp3) is 0.364. The number of piperazine rings is 1. The zero-order valence-corrected chi connectivity index (χ0v) is 40.8. The van der Waals surface area contributed by atoms with Crippen LogP contribution in [0.15, 0.2) is 91.0 Å². The topological polar surface area (TPSA) is 175 Å². The number of aromatic carboxylic acids is 1. The molecule has 4 aliphatic rings. The Hall–Kier alpha value is -7.17. The Balaban J connectivity index is 0.689. The summed E-state index contributed by atoms with van der Waals surface area (Å²) in [6, 6.07) is 29.4. The summed E-state index contributed by atoms with van der Waals surface area (Å²) in [5.74, 6) is -0.295. The van der Waals surface area contributed by atoms with Gasteiger partial charge in [-0.05, 0) is 129 Å². The number of imide groups is 1. The highest BCUT2D eigenvalue weighted by Crippen LogP contribution is 2.39. The van der Waals surface area contributed by atoms with Gasteiger partial charge in [-0.2, -0.15) is 5.10 Å². The molecule has 3 aromatic heterocycles. The van der Waals surface area contributed by atoms with Crippen molar-refractivity contribution in [2.24, 2.45) is 13.0 Å². The van der Waals surface area contributed by atoms with Crippen molar-refractivity contribution in [1.29, 1.82) is 0 Å². The molecular formula is C55H57N9O6S. The van der Waals surface area contributed by atoms with Crippen molar-refractivity contribution >= 4 is 72.8 Å². The summed E-state index contributed by atoms with van der Waals surface area (Å²) in [4.78, 5) is 67.5. The summed E-state index contributed by atoms with van der Waals surface area (Å²) >= 11 is 1.44. The number of anilines is 3. The highest BCUT2D eigenvalue weighted by Gasteiger charge is 2.33. The molecule has 3 fully saturated rings. The number of piperidine rings is 1. The first-order chi connectivity index (χ1) is 34.5. The van der Waals surface area contributed by atoms with Crippen molar-refractivity contribution in [3.63, 3.8) is 0 Å². The van der Waals surface area contributed by atoms with Crippen LogP contribution in [-0.4, -0.2) is 98.8 Å². The highest BCUT2D eigenvalue weighted by atomic mass is 32.1. The van der Waals surface area contributed by atoms with Crippen LogP contribution in [0.25, 0.3) is 32.2 Å². The first-order valence-corrected chi connectivity index (χ1v) is 25.7. The number of nitrogens with zero attached hydrogens (tertiary/aromatic N) is 7. The molecule has 16 heteroatoms. The maximum atomic E-state index is 13.7. The molecule has 1 saturated carbocycles. The van der Waals surface area contributed by atoms with Gasteiger partial charge in [0.05, 0.1) is 39.1 Å². The van der Waals surface area contributed by atoms with Gasteiger partial charge < -0.3 is 19.6 Å². The summed E-state index contributed by atoms with van der Waals surface area (Å²) < 4.78 is 9.59. The van der Waals surface area contributed by atoms with E-state index in [4.69, 9.17) is 14.8 Å². The molecule has 3 N–H and O–H groups in total. The normalized spacial score (nSPS) is 19.7.